The van der Waals surface area contributed by atoms with E-state index in [2.05, 4.69) is 10.3 Å². The smallest absolute Gasteiger partial charge is 0.271 e. The minimum Gasteiger partial charge on any atom is -0.378 e. The predicted octanol–water partition coefficient (Wildman–Crippen LogP) is 1.41. The van der Waals surface area contributed by atoms with E-state index in [0.29, 0.717) is 25.5 Å². The molecule has 1 aliphatic heterocycles. The van der Waals surface area contributed by atoms with Gasteiger partial charge in [0.15, 0.2) is 0 Å². The molecule has 2 aromatic rings. The van der Waals surface area contributed by atoms with Gasteiger partial charge < -0.3 is 19.5 Å². The third-order valence-electron chi connectivity index (χ3n) is 3.71. The first-order valence-corrected chi connectivity index (χ1v) is 7.32. The van der Waals surface area contributed by atoms with Crippen molar-refractivity contribution >= 4 is 11.6 Å². The lowest BCUT2D eigenvalue weighted by Crippen LogP contribution is -2.23. The summed E-state index contributed by atoms with van der Waals surface area (Å²) in [5.41, 5.74) is 2.65. The van der Waals surface area contributed by atoms with Gasteiger partial charge in [0.25, 0.3) is 5.91 Å². The summed E-state index contributed by atoms with van der Waals surface area (Å²) in [7, 11) is 4.00. The van der Waals surface area contributed by atoms with Crippen LogP contribution in [0, 0.1) is 0 Å². The molecule has 1 aromatic carbocycles. The topological polar surface area (TPSA) is 59.4 Å². The number of carbonyl (C=O) groups excluding carboxylic acids is 1. The van der Waals surface area contributed by atoms with Crippen molar-refractivity contribution in [3.05, 3.63) is 47.5 Å². The Morgan fingerprint density at radius 2 is 2.14 bits per heavy atom. The Morgan fingerprint density at radius 1 is 1.36 bits per heavy atom. The molecule has 116 valence electrons. The predicted molar refractivity (Wildman–Crippen MR) is 83.8 cm³/mol. The summed E-state index contributed by atoms with van der Waals surface area (Å²) in [6.07, 6.45) is 1.79. The third-order valence-corrected chi connectivity index (χ3v) is 3.71. The van der Waals surface area contributed by atoms with Crippen LogP contribution in [0.3, 0.4) is 0 Å². The number of carbonyl (C=O) groups is 1. The van der Waals surface area contributed by atoms with Crippen LogP contribution in [0.15, 0.2) is 30.5 Å². The van der Waals surface area contributed by atoms with Gasteiger partial charge in [-0.1, -0.05) is 12.1 Å². The lowest BCUT2D eigenvalue weighted by molar-refractivity contribution is 0.0816. The van der Waals surface area contributed by atoms with Crippen LogP contribution in [0.2, 0.25) is 0 Å². The maximum Gasteiger partial charge on any atom is 0.271 e. The Bertz CT molecular complexity index is 638. The second kappa shape index (κ2) is 6.19. The molecule has 0 radical (unpaired) electrons. The Hall–Kier alpha value is -2.34. The van der Waals surface area contributed by atoms with E-state index in [4.69, 9.17) is 4.74 Å². The summed E-state index contributed by atoms with van der Waals surface area (Å²) < 4.78 is 7.31. The number of ether oxygens (including phenoxy) is 1. The number of hydrogen-bond donors (Lipinski definition) is 1. The van der Waals surface area contributed by atoms with Crippen molar-refractivity contribution in [3.63, 3.8) is 0 Å². The van der Waals surface area contributed by atoms with E-state index in [1.807, 2.05) is 47.8 Å². The summed E-state index contributed by atoms with van der Waals surface area (Å²) in [5, 5.41) is 2.90. The Morgan fingerprint density at radius 3 is 2.82 bits per heavy atom. The molecular weight excluding hydrogens is 280 g/mol. The lowest BCUT2D eigenvalue weighted by Gasteiger charge is -2.13. The number of amides is 1. The average molecular weight is 300 g/mol. The zero-order valence-corrected chi connectivity index (χ0v) is 12.9. The molecule has 0 saturated heterocycles. The van der Waals surface area contributed by atoms with Crippen molar-refractivity contribution in [2.75, 3.05) is 25.6 Å². The van der Waals surface area contributed by atoms with Crippen LogP contribution in [0.4, 0.5) is 5.69 Å². The number of benzene rings is 1. The summed E-state index contributed by atoms with van der Waals surface area (Å²) >= 11 is 0. The van der Waals surface area contributed by atoms with E-state index in [1.165, 1.54) is 0 Å². The third kappa shape index (κ3) is 3.12. The van der Waals surface area contributed by atoms with Crippen molar-refractivity contribution in [3.8, 4) is 0 Å². The number of nitrogens with zero attached hydrogens (tertiary/aromatic N) is 3. The first-order chi connectivity index (χ1) is 10.6. The molecule has 1 amide bonds. The number of fused-ring (bicyclic) bond motifs is 1. The Balaban J connectivity index is 1.61. The van der Waals surface area contributed by atoms with Crippen molar-refractivity contribution in [1.29, 1.82) is 0 Å². The molecule has 6 heteroatoms. The number of aromatic nitrogens is 2. The van der Waals surface area contributed by atoms with Gasteiger partial charge >= 0.3 is 0 Å². The fourth-order valence-electron chi connectivity index (χ4n) is 2.38. The number of hydrogen-bond acceptors (Lipinski definition) is 4. The minimum absolute atomic E-state index is 0.154. The second-order valence-corrected chi connectivity index (χ2v) is 5.53. The fraction of sp³-hybridized carbons (Fsp3) is 0.375. The second-order valence-electron chi connectivity index (χ2n) is 5.53. The zero-order chi connectivity index (χ0) is 15.5. The summed E-state index contributed by atoms with van der Waals surface area (Å²) in [5.74, 6) is 0.658. The van der Waals surface area contributed by atoms with Gasteiger partial charge in [-0.25, -0.2) is 4.98 Å². The van der Waals surface area contributed by atoms with E-state index in [-0.39, 0.29) is 5.91 Å². The van der Waals surface area contributed by atoms with Crippen molar-refractivity contribution < 1.29 is 9.53 Å². The van der Waals surface area contributed by atoms with Crippen LogP contribution in [0.25, 0.3) is 0 Å². The molecule has 1 N–H and O–H groups in total. The van der Waals surface area contributed by atoms with Crippen LogP contribution < -0.4 is 10.2 Å². The molecule has 1 aliphatic rings. The largest absolute Gasteiger partial charge is 0.378 e. The van der Waals surface area contributed by atoms with Crippen LogP contribution in [-0.4, -0.2) is 36.2 Å². The molecule has 0 spiro atoms. The maximum absolute atomic E-state index is 12.2. The van der Waals surface area contributed by atoms with Gasteiger partial charge in [0.05, 0.1) is 6.61 Å². The molecular formula is C16H20N4O2. The molecule has 1 aromatic heterocycles. The minimum atomic E-state index is -0.154. The molecule has 2 heterocycles. The summed E-state index contributed by atoms with van der Waals surface area (Å²) in [4.78, 5) is 18.5. The SMILES string of the molecule is CN(C)c1ccc(CNC(=O)c2cn3c(n2)COCC3)cc1. The average Bonchev–Trinajstić information content (AvgIpc) is 2.97. The Kier molecular flexibility index (Phi) is 4.11. The van der Waals surface area contributed by atoms with Crippen LogP contribution >= 0.6 is 0 Å². The van der Waals surface area contributed by atoms with Gasteiger partial charge in [-0.05, 0) is 17.7 Å². The molecule has 6 nitrogen and oxygen atoms in total. The van der Waals surface area contributed by atoms with E-state index in [1.54, 1.807) is 6.20 Å². The number of rotatable bonds is 4. The molecule has 3 rings (SSSR count). The van der Waals surface area contributed by atoms with Crippen LogP contribution in [-0.2, 0) is 24.4 Å². The van der Waals surface area contributed by atoms with E-state index in [0.717, 1.165) is 23.6 Å². The highest BCUT2D eigenvalue weighted by atomic mass is 16.5. The van der Waals surface area contributed by atoms with Gasteiger partial charge in [-0.3, -0.25) is 4.79 Å². The number of nitrogens with one attached hydrogen (secondary N) is 1. The highest BCUT2D eigenvalue weighted by Gasteiger charge is 2.16. The quantitative estimate of drug-likeness (QED) is 0.927. The Labute approximate surface area is 129 Å². The molecule has 22 heavy (non-hydrogen) atoms. The highest BCUT2D eigenvalue weighted by Crippen LogP contribution is 2.13. The van der Waals surface area contributed by atoms with Gasteiger partial charge in [0.1, 0.15) is 18.1 Å². The molecule has 0 unspecified atom stereocenters. The zero-order valence-electron chi connectivity index (χ0n) is 12.9. The van der Waals surface area contributed by atoms with E-state index >= 15 is 0 Å². The number of anilines is 1. The van der Waals surface area contributed by atoms with Gasteiger partial charge in [-0.2, -0.15) is 0 Å². The molecule has 0 aliphatic carbocycles. The summed E-state index contributed by atoms with van der Waals surface area (Å²) in [6, 6.07) is 8.10. The molecule has 0 atom stereocenters. The van der Waals surface area contributed by atoms with Gasteiger partial charge in [0.2, 0.25) is 0 Å². The normalized spacial score (nSPS) is 13.5. The van der Waals surface area contributed by atoms with Crippen LogP contribution in [0.5, 0.6) is 0 Å². The number of imidazole rings is 1. The molecule has 0 fully saturated rings. The first-order valence-electron chi connectivity index (χ1n) is 7.32. The van der Waals surface area contributed by atoms with Crippen LogP contribution in [0.1, 0.15) is 21.9 Å². The van der Waals surface area contributed by atoms with E-state index in [9.17, 15) is 4.79 Å². The highest BCUT2D eigenvalue weighted by molar-refractivity contribution is 5.92. The first kappa shape index (κ1) is 14.6. The van der Waals surface area contributed by atoms with Crippen molar-refractivity contribution in [1.82, 2.24) is 14.9 Å². The molecule has 0 bridgehead atoms. The standard InChI is InChI=1S/C16H20N4O2/c1-19(2)13-5-3-12(4-6-13)9-17-16(21)14-10-20-7-8-22-11-15(20)18-14/h3-6,10H,7-9,11H2,1-2H3,(H,17,21). The summed E-state index contributed by atoms with van der Waals surface area (Å²) in [6.45, 7) is 2.38. The molecule has 0 saturated carbocycles. The van der Waals surface area contributed by atoms with Crippen molar-refractivity contribution in [2.45, 2.75) is 19.7 Å². The van der Waals surface area contributed by atoms with Crippen molar-refractivity contribution in [2.24, 2.45) is 0 Å². The lowest BCUT2D eigenvalue weighted by atomic mass is 10.2. The van der Waals surface area contributed by atoms with Gasteiger partial charge in [-0.15, -0.1) is 0 Å². The monoisotopic (exact) mass is 300 g/mol. The van der Waals surface area contributed by atoms with Gasteiger partial charge in [0, 0.05) is 39.1 Å². The maximum atomic E-state index is 12.2. The van der Waals surface area contributed by atoms with E-state index < -0.39 is 0 Å². The fourth-order valence-corrected chi connectivity index (χ4v) is 2.38.